The van der Waals surface area contributed by atoms with Crippen LogP contribution in [-0.2, 0) is 0 Å². The predicted octanol–water partition coefficient (Wildman–Crippen LogP) is 2.10. The summed E-state index contributed by atoms with van der Waals surface area (Å²) >= 11 is 0. The Bertz CT molecular complexity index is 140. The number of hydrogen-bond donors (Lipinski definition) is 1. The second kappa shape index (κ2) is 5.72. The lowest BCUT2D eigenvalue weighted by atomic mass is 9.96. The van der Waals surface area contributed by atoms with Gasteiger partial charge in [-0.15, -0.1) is 0 Å². The highest BCUT2D eigenvalue weighted by Gasteiger charge is 2.20. The van der Waals surface area contributed by atoms with Gasteiger partial charge in [0.2, 0.25) is 0 Å². The Balaban J connectivity index is 2.37. The molecule has 0 radical (unpaired) electrons. The molecule has 0 aliphatic carbocycles. The lowest BCUT2D eigenvalue weighted by Gasteiger charge is -2.35. The van der Waals surface area contributed by atoms with E-state index >= 15 is 0 Å². The standard InChI is InChI=1S/C12H26N2/c1-10(2)14(11(3)4)9-12-5-7-13-8-6-12/h10-13H,5-9H2,1-4H3. The predicted molar refractivity (Wildman–Crippen MR) is 62.6 cm³/mol. The van der Waals surface area contributed by atoms with Crippen LogP contribution in [0.1, 0.15) is 40.5 Å². The molecule has 1 rings (SSSR count). The Morgan fingerprint density at radius 2 is 1.57 bits per heavy atom. The van der Waals surface area contributed by atoms with Crippen molar-refractivity contribution in [1.29, 1.82) is 0 Å². The van der Waals surface area contributed by atoms with Crippen molar-refractivity contribution in [3.05, 3.63) is 0 Å². The third-order valence-corrected chi connectivity index (χ3v) is 3.25. The summed E-state index contributed by atoms with van der Waals surface area (Å²) in [6.45, 7) is 12.9. The summed E-state index contributed by atoms with van der Waals surface area (Å²) in [5.74, 6) is 0.918. The molecule has 0 spiro atoms. The molecule has 0 unspecified atom stereocenters. The van der Waals surface area contributed by atoms with Crippen LogP contribution in [0.5, 0.6) is 0 Å². The molecule has 0 aromatic heterocycles. The zero-order valence-electron chi connectivity index (χ0n) is 10.2. The molecule has 0 aromatic rings. The Morgan fingerprint density at radius 1 is 1.07 bits per heavy atom. The minimum Gasteiger partial charge on any atom is -0.317 e. The van der Waals surface area contributed by atoms with Crippen molar-refractivity contribution in [2.24, 2.45) is 5.92 Å². The molecule has 0 bridgehead atoms. The minimum absolute atomic E-state index is 0.685. The van der Waals surface area contributed by atoms with Crippen molar-refractivity contribution in [3.8, 4) is 0 Å². The lowest BCUT2D eigenvalue weighted by Crippen LogP contribution is -2.42. The average molecular weight is 198 g/mol. The second-order valence-corrected chi connectivity index (χ2v) is 5.08. The van der Waals surface area contributed by atoms with Gasteiger partial charge in [-0.1, -0.05) is 0 Å². The van der Waals surface area contributed by atoms with Crippen molar-refractivity contribution in [2.45, 2.75) is 52.6 Å². The van der Waals surface area contributed by atoms with Gasteiger partial charge < -0.3 is 5.32 Å². The van der Waals surface area contributed by atoms with E-state index in [9.17, 15) is 0 Å². The molecule has 2 nitrogen and oxygen atoms in total. The maximum Gasteiger partial charge on any atom is 0.00414 e. The highest BCUT2D eigenvalue weighted by Crippen LogP contribution is 2.16. The van der Waals surface area contributed by atoms with Crippen LogP contribution in [0.25, 0.3) is 0 Å². The monoisotopic (exact) mass is 198 g/mol. The number of hydrogen-bond acceptors (Lipinski definition) is 2. The molecule has 1 aliphatic rings. The average Bonchev–Trinajstić information content (AvgIpc) is 2.15. The van der Waals surface area contributed by atoms with Crippen molar-refractivity contribution in [1.82, 2.24) is 10.2 Å². The van der Waals surface area contributed by atoms with E-state index in [0.717, 1.165) is 5.92 Å². The van der Waals surface area contributed by atoms with Gasteiger partial charge in [0.05, 0.1) is 0 Å². The van der Waals surface area contributed by atoms with E-state index in [1.54, 1.807) is 0 Å². The molecule has 1 aliphatic heterocycles. The number of rotatable bonds is 4. The second-order valence-electron chi connectivity index (χ2n) is 5.08. The SMILES string of the molecule is CC(C)N(CC1CCNCC1)C(C)C. The molecule has 0 amide bonds. The van der Waals surface area contributed by atoms with Crippen LogP contribution in [0.15, 0.2) is 0 Å². The third kappa shape index (κ3) is 3.58. The molecule has 0 atom stereocenters. The number of piperidine rings is 1. The molecule has 84 valence electrons. The van der Waals surface area contributed by atoms with E-state index in [2.05, 4.69) is 37.9 Å². The Kier molecular flexibility index (Phi) is 4.90. The molecular weight excluding hydrogens is 172 g/mol. The quantitative estimate of drug-likeness (QED) is 0.744. The highest BCUT2D eigenvalue weighted by atomic mass is 15.2. The first-order valence-electron chi connectivity index (χ1n) is 6.07. The molecule has 14 heavy (non-hydrogen) atoms. The van der Waals surface area contributed by atoms with E-state index in [-0.39, 0.29) is 0 Å². The first kappa shape index (κ1) is 12.0. The topological polar surface area (TPSA) is 15.3 Å². The van der Waals surface area contributed by atoms with E-state index in [1.807, 2.05) is 0 Å². The summed E-state index contributed by atoms with van der Waals surface area (Å²) in [7, 11) is 0. The molecule has 0 aromatic carbocycles. The van der Waals surface area contributed by atoms with E-state index < -0.39 is 0 Å². The van der Waals surface area contributed by atoms with Crippen molar-refractivity contribution < 1.29 is 0 Å². The highest BCUT2D eigenvalue weighted by molar-refractivity contribution is 4.76. The normalized spacial score (nSPS) is 19.9. The number of nitrogens with zero attached hydrogens (tertiary/aromatic N) is 1. The van der Waals surface area contributed by atoms with Crippen LogP contribution in [0.2, 0.25) is 0 Å². The van der Waals surface area contributed by atoms with Gasteiger partial charge in [0.25, 0.3) is 0 Å². The first-order valence-corrected chi connectivity index (χ1v) is 6.07. The molecule has 0 saturated carbocycles. The van der Waals surface area contributed by atoms with Crippen molar-refractivity contribution in [2.75, 3.05) is 19.6 Å². The lowest BCUT2D eigenvalue weighted by molar-refractivity contribution is 0.133. The van der Waals surface area contributed by atoms with E-state index in [4.69, 9.17) is 0 Å². The Morgan fingerprint density at radius 3 is 2.00 bits per heavy atom. The molecule has 1 heterocycles. The summed E-state index contributed by atoms with van der Waals surface area (Å²) in [5.41, 5.74) is 0. The van der Waals surface area contributed by atoms with Crippen molar-refractivity contribution in [3.63, 3.8) is 0 Å². The summed E-state index contributed by atoms with van der Waals surface area (Å²) in [5, 5.41) is 3.43. The van der Waals surface area contributed by atoms with Crippen LogP contribution >= 0.6 is 0 Å². The number of nitrogens with one attached hydrogen (secondary N) is 1. The van der Waals surface area contributed by atoms with Crippen LogP contribution in [-0.4, -0.2) is 36.6 Å². The molecule has 1 saturated heterocycles. The fourth-order valence-electron chi connectivity index (χ4n) is 2.38. The van der Waals surface area contributed by atoms with Gasteiger partial charge >= 0.3 is 0 Å². The maximum atomic E-state index is 3.43. The summed E-state index contributed by atoms with van der Waals surface area (Å²) in [6.07, 6.45) is 2.71. The molecule has 2 heteroatoms. The zero-order chi connectivity index (χ0) is 10.6. The van der Waals surface area contributed by atoms with Crippen LogP contribution < -0.4 is 5.32 Å². The maximum absolute atomic E-state index is 3.43. The Labute approximate surface area is 89.1 Å². The van der Waals surface area contributed by atoms with Gasteiger partial charge in [-0.3, -0.25) is 4.90 Å². The van der Waals surface area contributed by atoms with Crippen molar-refractivity contribution >= 4 is 0 Å². The fraction of sp³-hybridized carbons (Fsp3) is 1.00. The van der Waals surface area contributed by atoms with E-state index in [0.29, 0.717) is 12.1 Å². The van der Waals surface area contributed by atoms with E-state index in [1.165, 1.54) is 32.5 Å². The van der Waals surface area contributed by atoms with Gasteiger partial charge in [0.1, 0.15) is 0 Å². The molecule has 1 fully saturated rings. The molecule has 1 N–H and O–H groups in total. The summed E-state index contributed by atoms with van der Waals surface area (Å²) in [4.78, 5) is 2.62. The smallest absolute Gasteiger partial charge is 0.00414 e. The summed E-state index contributed by atoms with van der Waals surface area (Å²) < 4.78 is 0. The zero-order valence-corrected chi connectivity index (χ0v) is 10.2. The molecular formula is C12H26N2. The first-order chi connectivity index (χ1) is 6.61. The van der Waals surface area contributed by atoms with Gasteiger partial charge in [-0.25, -0.2) is 0 Å². The third-order valence-electron chi connectivity index (χ3n) is 3.25. The largest absolute Gasteiger partial charge is 0.317 e. The van der Waals surface area contributed by atoms with Gasteiger partial charge in [0.15, 0.2) is 0 Å². The minimum atomic E-state index is 0.685. The van der Waals surface area contributed by atoms with Crippen LogP contribution in [0.3, 0.4) is 0 Å². The van der Waals surface area contributed by atoms with Gasteiger partial charge in [-0.05, 0) is 59.5 Å². The Hall–Kier alpha value is -0.0800. The fourth-order valence-corrected chi connectivity index (χ4v) is 2.38. The summed E-state index contributed by atoms with van der Waals surface area (Å²) in [6, 6.07) is 1.37. The van der Waals surface area contributed by atoms with Gasteiger partial charge in [-0.2, -0.15) is 0 Å². The van der Waals surface area contributed by atoms with Gasteiger partial charge in [0, 0.05) is 18.6 Å². The van der Waals surface area contributed by atoms with Crippen LogP contribution in [0, 0.1) is 5.92 Å². The van der Waals surface area contributed by atoms with Crippen LogP contribution in [0.4, 0.5) is 0 Å².